The fourth-order valence-corrected chi connectivity index (χ4v) is 2.52. The summed E-state index contributed by atoms with van der Waals surface area (Å²) in [5.41, 5.74) is 1.31. The molecule has 0 heterocycles. The molecule has 0 aliphatic carbocycles. The van der Waals surface area contributed by atoms with Crippen molar-refractivity contribution in [3.05, 3.63) is 63.6 Å². The predicted octanol–water partition coefficient (Wildman–Crippen LogP) is 4.46. The standard InChI is InChI=1S/C17H15Cl2NO3/c1-2-20-15-6-4-3-5-13(15)17(22)23-10-16(21)12-8-7-11(18)9-14(12)19/h3-9,20H,2,10H2,1H3. The van der Waals surface area contributed by atoms with Gasteiger partial charge in [0.15, 0.2) is 6.61 Å². The lowest BCUT2D eigenvalue weighted by Gasteiger charge is -2.10. The smallest absolute Gasteiger partial charge is 0.340 e. The number of halogens is 2. The Morgan fingerprint density at radius 1 is 1.09 bits per heavy atom. The molecule has 0 radical (unpaired) electrons. The van der Waals surface area contributed by atoms with Crippen molar-refractivity contribution in [1.29, 1.82) is 0 Å². The SMILES string of the molecule is CCNc1ccccc1C(=O)OCC(=O)c1ccc(Cl)cc1Cl. The van der Waals surface area contributed by atoms with E-state index >= 15 is 0 Å². The molecule has 0 fully saturated rings. The summed E-state index contributed by atoms with van der Waals surface area (Å²) in [6.07, 6.45) is 0. The van der Waals surface area contributed by atoms with Crippen molar-refractivity contribution in [3.63, 3.8) is 0 Å². The van der Waals surface area contributed by atoms with Gasteiger partial charge in [0.2, 0.25) is 5.78 Å². The average Bonchev–Trinajstić information content (AvgIpc) is 2.53. The summed E-state index contributed by atoms with van der Waals surface area (Å²) in [6, 6.07) is 11.5. The Hall–Kier alpha value is -2.04. The molecule has 0 unspecified atom stereocenters. The van der Waals surface area contributed by atoms with Gasteiger partial charge >= 0.3 is 5.97 Å². The largest absolute Gasteiger partial charge is 0.454 e. The molecule has 0 aliphatic rings. The topological polar surface area (TPSA) is 55.4 Å². The lowest BCUT2D eigenvalue weighted by atomic mass is 10.1. The second kappa shape index (κ2) is 7.99. The van der Waals surface area contributed by atoms with Crippen LogP contribution in [0.5, 0.6) is 0 Å². The second-order valence-corrected chi connectivity index (χ2v) is 5.54. The molecule has 0 bridgehead atoms. The highest BCUT2D eigenvalue weighted by Crippen LogP contribution is 2.22. The number of ketones is 1. The zero-order valence-electron chi connectivity index (χ0n) is 12.4. The normalized spacial score (nSPS) is 10.2. The van der Waals surface area contributed by atoms with Crippen LogP contribution in [-0.4, -0.2) is 24.9 Å². The summed E-state index contributed by atoms with van der Waals surface area (Å²) in [5.74, 6) is -0.957. The van der Waals surface area contributed by atoms with Crippen molar-refractivity contribution in [3.8, 4) is 0 Å². The highest BCUT2D eigenvalue weighted by molar-refractivity contribution is 6.36. The maximum Gasteiger partial charge on any atom is 0.340 e. The molecular formula is C17H15Cl2NO3. The van der Waals surface area contributed by atoms with Crippen LogP contribution >= 0.6 is 23.2 Å². The van der Waals surface area contributed by atoms with Crippen LogP contribution in [0.15, 0.2) is 42.5 Å². The third kappa shape index (κ3) is 4.47. The van der Waals surface area contributed by atoms with Crippen molar-refractivity contribution in [2.75, 3.05) is 18.5 Å². The number of carbonyl (C=O) groups is 2. The third-order valence-corrected chi connectivity index (χ3v) is 3.63. The minimum absolute atomic E-state index is 0.228. The average molecular weight is 352 g/mol. The van der Waals surface area contributed by atoms with Crippen LogP contribution in [0.1, 0.15) is 27.6 Å². The van der Waals surface area contributed by atoms with Crippen LogP contribution < -0.4 is 5.32 Å². The van der Waals surface area contributed by atoms with Gasteiger partial charge in [-0.1, -0.05) is 35.3 Å². The highest BCUT2D eigenvalue weighted by Gasteiger charge is 2.16. The molecule has 0 saturated heterocycles. The van der Waals surface area contributed by atoms with Crippen LogP contribution in [0.4, 0.5) is 5.69 Å². The Morgan fingerprint density at radius 2 is 1.83 bits per heavy atom. The number of ether oxygens (including phenoxy) is 1. The summed E-state index contributed by atoms with van der Waals surface area (Å²) in [5, 5.41) is 3.73. The fraction of sp³-hybridized carbons (Fsp3) is 0.176. The van der Waals surface area contributed by atoms with Gasteiger partial charge in [-0.05, 0) is 37.3 Å². The molecule has 2 aromatic carbocycles. The van der Waals surface area contributed by atoms with Gasteiger partial charge < -0.3 is 10.1 Å². The maximum atomic E-state index is 12.1. The first kappa shape index (κ1) is 17.3. The molecule has 0 saturated carbocycles. The minimum atomic E-state index is -0.569. The number of Topliss-reactive ketones (excluding diaryl/α,β-unsaturated/α-hetero) is 1. The predicted molar refractivity (Wildman–Crippen MR) is 91.7 cm³/mol. The van der Waals surface area contributed by atoms with E-state index in [9.17, 15) is 9.59 Å². The van der Waals surface area contributed by atoms with E-state index in [0.717, 1.165) is 0 Å². The minimum Gasteiger partial charge on any atom is -0.454 e. The molecule has 0 spiro atoms. The lowest BCUT2D eigenvalue weighted by Crippen LogP contribution is -2.16. The van der Waals surface area contributed by atoms with E-state index in [4.69, 9.17) is 27.9 Å². The van der Waals surface area contributed by atoms with Crippen molar-refractivity contribution in [1.82, 2.24) is 0 Å². The van der Waals surface area contributed by atoms with E-state index in [-0.39, 0.29) is 23.0 Å². The van der Waals surface area contributed by atoms with E-state index in [2.05, 4.69) is 5.32 Å². The van der Waals surface area contributed by atoms with Gasteiger partial charge in [0.25, 0.3) is 0 Å². The van der Waals surface area contributed by atoms with Crippen LogP contribution in [0, 0.1) is 0 Å². The fourth-order valence-electron chi connectivity index (χ4n) is 2.01. The van der Waals surface area contributed by atoms with Crippen LogP contribution in [0.2, 0.25) is 10.0 Å². The Labute approximate surface area is 144 Å². The molecule has 0 aromatic heterocycles. The first-order chi connectivity index (χ1) is 11.0. The van der Waals surface area contributed by atoms with Crippen LogP contribution in [0.25, 0.3) is 0 Å². The van der Waals surface area contributed by atoms with Gasteiger partial charge in [-0.2, -0.15) is 0 Å². The lowest BCUT2D eigenvalue weighted by molar-refractivity contribution is 0.0475. The number of hydrogen-bond acceptors (Lipinski definition) is 4. The number of hydrogen-bond donors (Lipinski definition) is 1. The maximum absolute atomic E-state index is 12.1. The molecule has 6 heteroatoms. The van der Waals surface area contributed by atoms with Crippen LogP contribution in [-0.2, 0) is 4.74 Å². The summed E-state index contributed by atoms with van der Waals surface area (Å²) in [4.78, 5) is 24.2. The molecule has 23 heavy (non-hydrogen) atoms. The van der Waals surface area contributed by atoms with Gasteiger partial charge in [-0.3, -0.25) is 4.79 Å². The summed E-state index contributed by atoms with van der Waals surface area (Å²) in [6.45, 7) is 2.21. The van der Waals surface area contributed by atoms with Crippen molar-refractivity contribution in [2.45, 2.75) is 6.92 Å². The van der Waals surface area contributed by atoms with E-state index in [0.29, 0.717) is 22.8 Å². The van der Waals surface area contributed by atoms with Gasteiger partial charge in [-0.25, -0.2) is 4.79 Å². The van der Waals surface area contributed by atoms with Crippen molar-refractivity contribution >= 4 is 40.6 Å². The Morgan fingerprint density at radius 3 is 2.52 bits per heavy atom. The molecule has 0 atom stereocenters. The van der Waals surface area contributed by atoms with E-state index in [1.807, 2.05) is 13.0 Å². The summed E-state index contributed by atoms with van der Waals surface area (Å²) < 4.78 is 5.10. The molecule has 4 nitrogen and oxygen atoms in total. The second-order valence-electron chi connectivity index (χ2n) is 4.70. The van der Waals surface area contributed by atoms with Crippen molar-refractivity contribution < 1.29 is 14.3 Å². The number of carbonyl (C=O) groups excluding carboxylic acids is 2. The first-order valence-corrected chi connectivity index (χ1v) is 7.76. The van der Waals surface area contributed by atoms with E-state index < -0.39 is 5.97 Å². The quantitative estimate of drug-likeness (QED) is 0.616. The van der Waals surface area contributed by atoms with E-state index in [1.165, 1.54) is 12.1 Å². The zero-order chi connectivity index (χ0) is 16.8. The molecule has 2 aromatic rings. The van der Waals surface area contributed by atoms with Gasteiger partial charge in [0.05, 0.1) is 10.6 Å². The number of rotatable bonds is 6. The molecule has 0 aliphatic heterocycles. The summed E-state index contributed by atoms with van der Waals surface area (Å²) >= 11 is 11.8. The zero-order valence-corrected chi connectivity index (χ0v) is 13.9. The number of nitrogens with one attached hydrogen (secondary N) is 1. The molecular weight excluding hydrogens is 337 g/mol. The van der Waals surface area contributed by atoms with Gasteiger partial charge in [-0.15, -0.1) is 0 Å². The highest BCUT2D eigenvalue weighted by atomic mass is 35.5. The molecule has 2 rings (SSSR count). The van der Waals surface area contributed by atoms with Gasteiger partial charge in [0, 0.05) is 22.8 Å². The Kier molecular flexibility index (Phi) is 6.02. The van der Waals surface area contributed by atoms with Crippen LogP contribution in [0.3, 0.4) is 0 Å². The first-order valence-electron chi connectivity index (χ1n) is 7.01. The molecule has 120 valence electrons. The monoisotopic (exact) mass is 351 g/mol. The van der Waals surface area contributed by atoms with Gasteiger partial charge in [0.1, 0.15) is 0 Å². The number of para-hydroxylation sites is 1. The number of benzene rings is 2. The summed E-state index contributed by atoms with van der Waals surface area (Å²) in [7, 11) is 0. The number of esters is 1. The Balaban J connectivity index is 2.06. The van der Waals surface area contributed by atoms with Crippen molar-refractivity contribution in [2.24, 2.45) is 0 Å². The number of anilines is 1. The third-order valence-electron chi connectivity index (χ3n) is 3.08. The van der Waals surface area contributed by atoms with E-state index in [1.54, 1.807) is 24.3 Å². The molecule has 0 amide bonds. The Bertz CT molecular complexity index is 732. The molecule has 1 N–H and O–H groups in total.